The molecule has 6 nitrogen and oxygen atoms in total. The topological polar surface area (TPSA) is 67.2 Å². The fraction of sp³-hybridized carbons (Fsp3) is 0.353. The summed E-state index contributed by atoms with van der Waals surface area (Å²) in [5.74, 6) is 0.659. The second-order valence-electron chi connectivity index (χ2n) is 5.24. The van der Waals surface area contributed by atoms with Crippen molar-refractivity contribution in [2.24, 2.45) is 7.05 Å². The maximum atomic E-state index is 12.1. The number of hydrogen-bond donors (Lipinski definition) is 1. The summed E-state index contributed by atoms with van der Waals surface area (Å²) in [6.07, 6.45) is 3.34. The molecule has 6 heteroatoms. The SMILES string of the molecule is CCN(CC)c1ccc(CNC(=O)c2ccn(C)c(=O)c2)cn1. The number of carbonyl (C=O) groups is 1. The largest absolute Gasteiger partial charge is 0.357 e. The molecule has 2 aromatic rings. The first-order valence-electron chi connectivity index (χ1n) is 7.70. The number of hydrogen-bond acceptors (Lipinski definition) is 4. The predicted octanol–water partition coefficient (Wildman–Crippen LogP) is 1.56. The Bertz CT molecular complexity index is 718. The predicted molar refractivity (Wildman–Crippen MR) is 90.7 cm³/mol. The van der Waals surface area contributed by atoms with Gasteiger partial charge in [-0.15, -0.1) is 0 Å². The van der Waals surface area contributed by atoms with Crippen LogP contribution >= 0.6 is 0 Å². The zero-order chi connectivity index (χ0) is 16.8. The van der Waals surface area contributed by atoms with Crippen LogP contribution in [0, 0.1) is 0 Å². The minimum atomic E-state index is -0.268. The molecule has 2 aromatic heterocycles. The standard InChI is InChI=1S/C17H22N4O2/c1-4-21(5-2)15-7-6-13(11-18-15)12-19-17(23)14-8-9-20(3)16(22)10-14/h6-11H,4-5,12H2,1-3H3,(H,19,23). The third-order valence-electron chi connectivity index (χ3n) is 3.72. The summed E-state index contributed by atoms with van der Waals surface area (Å²) in [4.78, 5) is 30.2. The van der Waals surface area contributed by atoms with Crippen molar-refractivity contribution in [3.8, 4) is 0 Å². The van der Waals surface area contributed by atoms with Gasteiger partial charge in [0, 0.05) is 50.7 Å². The number of nitrogens with one attached hydrogen (secondary N) is 1. The van der Waals surface area contributed by atoms with Crippen molar-refractivity contribution >= 4 is 11.7 Å². The highest BCUT2D eigenvalue weighted by molar-refractivity contribution is 5.93. The van der Waals surface area contributed by atoms with Gasteiger partial charge in [0.05, 0.1) is 0 Å². The van der Waals surface area contributed by atoms with E-state index in [1.807, 2.05) is 12.1 Å². The first-order chi connectivity index (χ1) is 11.0. The van der Waals surface area contributed by atoms with E-state index in [0.717, 1.165) is 24.5 Å². The zero-order valence-electron chi connectivity index (χ0n) is 13.7. The summed E-state index contributed by atoms with van der Waals surface area (Å²) in [6, 6.07) is 6.85. The smallest absolute Gasteiger partial charge is 0.251 e. The first kappa shape index (κ1) is 16.7. The van der Waals surface area contributed by atoms with Crippen LogP contribution < -0.4 is 15.8 Å². The van der Waals surface area contributed by atoms with E-state index >= 15 is 0 Å². The molecule has 0 aromatic carbocycles. The van der Waals surface area contributed by atoms with Crippen LogP contribution in [0.1, 0.15) is 29.8 Å². The highest BCUT2D eigenvalue weighted by Gasteiger charge is 2.07. The lowest BCUT2D eigenvalue weighted by Crippen LogP contribution is -2.26. The molecule has 0 radical (unpaired) electrons. The fourth-order valence-corrected chi connectivity index (χ4v) is 2.23. The molecule has 2 rings (SSSR count). The summed E-state index contributed by atoms with van der Waals surface area (Å²) in [6.45, 7) is 6.36. The molecule has 0 bridgehead atoms. The van der Waals surface area contributed by atoms with Gasteiger partial charge in [-0.3, -0.25) is 9.59 Å². The molecule has 122 valence electrons. The number of rotatable bonds is 6. The minimum Gasteiger partial charge on any atom is -0.357 e. The Morgan fingerprint density at radius 1 is 1.26 bits per heavy atom. The van der Waals surface area contributed by atoms with E-state index in [-0.39, 0.29) is 11.5 Å². The van der Waals surface area contributed by atoms with E-state index in [1.54, 1.807) is 25.5 Å². The molecule has 1 amide bonds. The number of aryl methyl sites for hydroxylation is 1. The molecule has 0 aliphatic carbocycles. The van der Waals surface area contributed by atoms with E-state index in [1.165, 1.54) is 10.6 Å². The Labute approximate surface area is 135 Å². The van der Waals surface area contributed by atoms with Crippen LogP contribution in [-0.4, -0.2) is 28.5 Å². The van der Waals surface area contributed by atoms with Gasteiger partial charge >= 0.3 is 0 Å². The number of aromatic nitrogens is 2. The van der Waals surface area contributed by atoms with Crippen molar-refractivity contribution in [2.75, 3.05) is 18.0 Å². The molecular weight excluding hydrogens is 292 g/mol. The van der Waals surface area contributed by atoms with Crippen LogP contribution in [-0.2, 0) is 13.6 Å². The van der Waals surface area contributed by atoms with E-state index in [9.17, 15) is 9.59 Å². The molecular formula is C17H22N4O2. The monoisotopic (exact) mass is 314 g/mol. The highest BCUT2D eigenvalue weighted by atomic mass is 16.2. The number of carbonyl (C=O) groups excluding carboxylic acids is 1. The van der Waals surface area contributed by atoms with Gasteiger partial charge in [0.15, 0.2) is 0 Å². The molecule has 23 heavy (non-hydrogen) atoms. The van der Waals surface area contributed by atoms with Gasteiger partial charge in [0.2, 0.25) is 0 Å². The van der Waals surface area contributed by atoms with Gasteiger partial charge in [-0.25, -0.2) is 4.98 Å². The number of anilines is 1. The van der Waals surface area contributed by atoms with Gasteiger partial charge in [0.1, 0.15) is 5.82 Å². The highest BCUT2D eigenvalue weighted by Crippen LogP contribution is 2.10. The van der Waals surface area contributed by atoms with Crippen molar-refractivity contribution in [2.45, 2.75) is 20.4 Å². The summed E-state index contributed by atoms with van der Waals surface area (Å²) >= 11 is 0. The van der Waals surface area contributed by atoms with Crippen LogP contribution in [0.25, 0.3) is 0 Å². The molecule has 0 atom stereocenters. The van der Waals surface area contributed by atoms with Crippen LogP contribution in [0.2, 0.25) is 0 Å². The summed E-state index contributed by atoms with van der Waals surface area (Å²) in [5, 5.41) is 2.80. The number of nitrogens with zero attached hydrogens (tertiary/aromatic N) is 3. The van der Waals surface area contributed by atoms with Gasteiger partial charge in [-0.1, -0.05) is 6.07 Å². The maximum Gasteiger partial charge on any atom is 0.251 e. The first-order valence-corrected chi connectivity index (χ1v) is 7.70. The maximum absolute atomic E-state index is 12.1. The van der Waals surface area contributed by atoms with Gasteiger partial charge in [0.25, 0.3) is 11.5 Å². The molecule has 0 spiro atoms. The van der Waals surface area contributed by atoms with Crippen LogP contribution in [0.15, 0.2) is 41.5 Å². The fourth-order valence-electron chi connectivity index (χ4n) is 2.23. The Hall–Kier alpha value is -2.63. The minimum absolute atomic E-state index is 0.206. The summed E-state index contributed by atoms with van der Waals surface area (Å²) in [7, 11) is 1.65. The Balaban J connectivity index is 1.98. The van der Waals surface area contributed by atoms with Crippen molar-refractivity contribution in [3.63, 3.8) is 0 Å². The molecule has 2 heterocycles. The second kappa shape index (κ2) is 7.58. The van der Waals surface area contributed by atoms with Crippen LogP contribution in [0.3, 0.4) is 0 Å². The van der Waals surface area contributed by atoms with E-state index < -0.39 is 0 Å². The van der Waals surface area contributed by atoms with Crippen LogP contribution in [0.5, 0.6) is 0 Å². The van der Waals surface area contributed by atoms with Crippen LogP contribution in [0.4, 0.5) is 5.82 Å². The molecule has 0 saturated heterocycles. The Morgan fingerprint density at radius 2 is 2.00 bits per heavy atom. The molecule has 0 aliphatic rings. The van der Waals surface area contributed by atoms with Crippen molar-refractivity contribution in [1.82, 2.24) is 14.9 Å². The Kier molecular flexibility index (Phi) is 5.51. The van der Waals surface area contributed by atoms with Gasteiger partial charge in [-0.2, -0.15) is 0 Å². The lowest BCUT2D eigenvalue weighted by molar-refractivity contribution is 0.0950. The summed E-state index contributed by atoms with van der Waals surface area (Å²) in [5.41, 5.74) is 1.07. The van der Waals surface area contributed by atoms with E-state index in [0.29, 0.717) is 12.1 Å². The van der Waals surface area contributed by atoms with Gasteiger partial charge < -0.3 is 14.8 Å². The van der Waals surface area contributed by atoms with Crippen molar-refractivity contribution < 1.29 is 4.79 Å². The van der Waals surface area contributed by atoms with E-state index in [2.05, 4.69) is 29.0 Å². The van der Waals surface area contributed by atoms with Gasteiger partial charge in [-0.05, 0) is 31.5 Å². The van der Waals surface area contributed by atoms with Crippen molar-refractivity contribution in [1.29, 1.82) is 0 Å². The molecule has 0 aliphatic heterocycles. The third-order valence-corrected chi connectivity index (χ3v) is 3.72. The third kappa shape index (κ3) is 4.18. The van der Waals surface area contributed by atoms with Crippen molar-refractivity contribution in [3.05, 3.63) is 58.1 Å². The average molecular weight is 314 g/mol. The van der Waals surface area contributed by atoms with E-state index in [4.69, 9.17) is 0 Å². The molecule has 0 unspecified atom stereocenters. The molecule has 0 fully saturated rings. The second-order valence-corrected chi connectivity index (χ2v) is 5.24. The lowest BCUT2D eigenvalue weighted by Gasteiger charge is -2.19. The number of amides is 1. The number of pyridine rings is 2. The Morgan fingerprint density at radius 3 is 2.57 bits per heavy atom. The molecule has 1 N–H and O–H groups in total. The lowest BCUT2D eigenvalue weighted by atomic mass is 10.2. The normalized spacial score (nSPS) is 10.4. The quantitative estimate of drug-likeness (QED) is 0.878. The summed E-state index contributed by atoms with van der Waals surface area (Å²) < 4.78 is 1.42. The zero-order valence-corrected chi connectivity index (χ0v) is 13.7. The molecule has 0 saturated carbocycles. The average Bonchev–Trinajstić information content (AvgIpc) is 2.57.